The number of nitrogens with one attached hydrogen (secondary N) is 1. The van der Waals surface area contributed by atoms with E-state index in [1.807, 2.05) is 16.7 Å². The Morgan fingerprint density at radius 2 is 2.00 bits per heavy atom. The van der Waals surface area contributed by atoms with Crippen LogP contribution < -0.4 is 5.32 Å². The topological polar surface area (TPSA) is 35.6 Å². The summed E-state index contributed by atoms with van der Waals surface area (Å²) in [6.07, 6.45) is 2.10. The van der Waals surface area contributed by atoms with Crippen molar-refractivity contribution in [1.29, 1.82) is 0 Å². The minimum atomic E-state index is 0.143. The van der Waals surface area contributed by atoms with Crippen molar-refractivity contribution in [1.82, 2.24) is 15.1 Å². The van der Waals surface area contributed by atoms with Gasteiger partial charge in [-0.05, 0) is 25.7 Å². The fourth-order valence-electron chi connectivity index (χ4n) is 3.15. The van der Waals surface area contributed by atoms with Crippen LogP contribution >= 0.6 is 11.8 Å². The third-order valence-electron chi connectivity index (χ3n) is 4.53. The Bertz CT molecular complexity index is 391. The molecule has 2 aliphatic rings. The van der Waals surface area contributed by atoms with E-state index < -0.39 is 0 Å². The van der Waals surface area contributed by atoms with Gasteiger partial charge in [-0.25, -0.2) is 4.79 Å². The van der Waals surface area contributed by atoms with E-state index in [0.29, 0.717) is 17.2 Å². The Morgan fingerprint density at radius 3 is 2.59 bits per heavy atom. The minimum absolute atomic E-state index is 0.143. The standard InChI is InChI=1S/C17H31N3OS/c1-13(2)11-19-7-5-15(6-8-19)18-17(21)20-9-10-22-16(12-20)14(3)4/h14-16H,1,5-12H2,2-4H3,(H,18,21)/t16-/m0/s1. The first-order valence-electron chi connectivity index (χ1n) is 8.49. The smallest absolute Gasteiger partial charge is 0.317 e. The molecule has 1 N–H and O–H groups in total. The molecule has 2 rings (SSSR count). The maximum Gasteiger partial charge on any atom is 0.317 e. The van der Waals surface area contributed by atoms with Crippen LogP contribution in [0.3, 0.4) is 0 Å². The second kappa shape index (κ2) is 8.25. The summed E-state index contributed by atoms with van der Waals surface area (Å²) in [5.41, 5.74) is 1.22. The highest BCUT2D eigenvalue weighted by Gasteiger charge is 2.28. The fraction of sp³-hybridized carbons (Fsp3) is 0.824. The van der Waals surface area contributed by atoms with Gasteiger partial charge in [-0.1, -0.05) is 26.0 Å². The lowest BCUT2D eigenvalue weighted by molar-refractivity contribution is 0.175. The summed E-state index contributed by atoms with van der Waals surface area (Å²) >= 11 is 2.01. The Labute approximate surface area is 139 Å². The van der Waals surface area contributed by atoms with Crippen molar-refractivity contribution in [3.05, 3.63) is 12.2 Å². The molecule has 4 nitrogen and oxygen atoms in total. The van der Waals surface area contributed by atoms with Gasteiger partial charge in [0.2, 0.25) is 0 Å². The molecule has 0 aromatic heterocycles. The van der Waals surface area contributed by atoms with Crippen LogP contribution in [0, 0.1) is 5.92 Å². The molecule has 0 aromatic rings. The van der Waals surface area contributed by atoms with Gasteiger partial charge in [0, 0.05) is 49.8 Å². The van der Waals surface area contributed by atoms with Gasteiger partial charge in [0.25, 0.3) is 0 Å². The van der Waals surface area contributed by atoms with Gasteiger partial charge in [-0.3, -0.25) is 4.90 Å². The van der Waals surface area contributed by atoms with Crippen molar-refractivity contribution in [2.45, 2.75) is 44.9 Å². The van der Waals surface area contributed by atoms with Crippen LogP contribution in [0.25, 0.3) is 0 Å². The molecule has 2 amide bonds. The number of hydrogen-bond donors (Lipinski definition) is 1. The summed E-state index contributed by atoms with van der Waals surface area (Å²) in [5, 5.41) is 3.83. The molecule has 0 spiro atoms. The van der Waals surface area contributed by atoms with Crippen molar-refractivity contribution in [2.75, 3.05) is 38.5 Å². The predicted octanol–water partition coefficient (Wildman–Crippen LogP) is 2.81. The zero-order chi connectivity index (χ0) is 16.1. The first-order chi connectivity index (χ1) is 10.5. The van der Waals surface area contributed by atoms with Gasteiger partial charge in [-0.15, -0.1) is 0 Å². The number of piperidine rings is 1. The lowest BCUT2D eigenvalue weighted by atomic mass is 10.0. The number of thioether (sulfide) groups is 1. The molecule has 2 saturated heterocycles. The summed E-state index contributed by atoms with van der Waals surface area (Å²) in [7, 11) is 0. The monoisotopic (exact) mass is 325 g/mol. The van der Waals surface area contributed by atoms with Gasteiger partial charge in [0.15, 0.2) is 0 Å². The number of carbonyl (C=O) groups excluding carboxylic acids is 1. The Balaban J connectivity index is 1.74. The van der Waals surface area contributed by atoms with Gasteiger partial charge < -0.3 is 10.2 Å². The zero-order valence-electron chi connectivity index (χ0n) is 14.3. The van der Waals surface area contributed by atoms with Crippen LogP contribution in [0.1, 0.15) is 33.6 Å². The molecule has 0 bridgehead atoms. The molecule has 0 unspecified atom stereocenters. The molecule has 2 aliphatic heterocycles. The minimum Gasteiger partial charge on any atom is -0.335 e. The van der Waals surface area contributed by atoms with E-state index in [1.54, 1.807) is 0 Å². The summed E-state index contributed by atoms with van der Waals surface area (Å²) in [6, 6.07) is 0.477. The molecule has 0 radical (unpaired) electrons. The molecule has 2 fully saturated rings. The van der Waals surface area contributed by atoms with Crippen molar-refractivity contribution in [3.63, 3.8) is 0 Å². The van der Waals surface area contributed by atoms with E-state index in [4.69, 9.17) is 0 Å². The average Bonchev–Trinajstić information content (AvgIpc) is 2.49. The maximum absolute atomic E-state index is 12.5. The van der Waals surface area contributed by atoms with Crippen molar-refractivity contribution in [3.8, 4) is 0 Å². The lowest BCUT2D eigenvalue weighted by Gasteiger charge is -2.37. The zero-order valence-corrected chi connectivity index (χ0v) is 15.1. The Morgan fingerprint density at radius 1 is 1.32 bits per heavy atom. The molecule has 2 heterocycles. The van der Waals surface area contributed by atoms with E-state index >= 15 is 0 Å². The van der Waals surface area contributed by atoms with Crippen LogP contribution in [-0.2, 0) is 0 Å². The summed E-state index contributed by atoms with van der Waals surface area (Å²) in [6.45, 7) is 15.4. The van der Waals surface area contributed by atoms with Crippen LogP contribution in [0.2, 0.25) is 0 Å². The molecule has 1 atom stereocenters. The normalized spacial score (nSPS) is 24.5. The highest BCUT2D eigenvalue weighted by Crippen LogP contribution is 2.25. The molecule has 0 aromatic carbocycles. The molecule has 126 valence electrons. The number of hydrogen-bond acceptors (Lipinski definition) is 3. The van der Waals surface area contributed by atoms with Gasteiger partial charge in [0.1, 0.15) is 0 Å². The fourth-order valence-corrected chi connectivity index (χ4v) is 4.45. The Kier molecular flexibility index (Phi) is 6.63. The van der Waals surface area contributed by atoms with Crippen molar-refractivity contribution < 1.29 is 4.79 Å². The van der Waals surface area contributed by atoms with E-state index in [0.717, 1.165) is 51.3 Å². The highest BCUT2D eigenvalue weighted by molar-refractivity contribution is 8.00. The average molecular weight is 326 g/mol. The van der Waals surface area contributed by atoms with E-state index in [9.17, 15) is 4.79 Å². The van der Waals surface area contributed by atoms with Crippen molar-refractivity contribution in [2.24, 2.45) is 5.92 Å². The third kappa shape index (κ3) is 5.20. The maximum atomic E-state index is 12.5. The van der Waals surface area contributed by atoms with Crippen LogP contribution in [0.4, 0.5) is 4.79 Å². The quantitative estimate of drug-likeness (QED) is 0.807. The number of nitrogens with zero attached hydrogens (tertiary/aromatic N) is 2. The number of carbonyl (C=O) groups is 1. The molecule has 22 heavy (non-hydrogen) atoms. The largest absolute Gasteiger partial charge is 0.335 e. The third-order valence-corrected chi connectivity index (χ3v) is 6.07. The van der Waals surface area contributed by atoms with Crippen LogP contribution in [0.15, 0.2) is 12.2 Å². The second-order valence-electron chi connectivity index (χ2n) is 7.06. The molecule has 5 heteroatoms. The van der Waals surface area contributed by atoms with Gasteiger partial charge in [-0.2, -0.15) is 11.8 Å². The molecule has 0 saturated carbocycles. The summed E-state index contributed by atoms with van der Waals surface area (Å²) < 4.78 is 0. The number of likely N-dealkylation sites (tertiary alicyclic amines) is 1. The number of urea groups is 1. The number of amides is 2. The SMILES string of the molecule is C=C(C)CN1CCC(NC(=O)N2CCS[C@H](C(C)C)C2)CC1. The van der Waals surface area contributed by atoms with E-state index in [-0.39, 0.29) is 6.03 Å². The van der Waals surface area contributed by atoms with Crippen molar-refractivity contribution >= 4 is 17.8 Å². The first-order valence-corrected chi connectivity index (χ1v) is 9.54. The second-order valence-corrected chi connectivity index (χ2v) is 8.40. The highest BCUT2D eigenvalue weighted by atomic mass is 32.2. The molecular formula is C17H31N3OS. The van der Waals surface area contributed by atoms with E-state index in [1.165, 1.54) is 5.57 Å². The molecule has 0 aliphatic carbocycles. The lowest BCUT2D eigenvalue weighted by Crippen LogP contribution is -2.52. The molecular weight excluding hydrogens is 294 g/mol. The van der Waals surface area contributed by atoms with Crippen LogP contribution in [0.5, 0.6) is 0 Å². The van der Waals surface area contributed by atoms with Gasteiger partial charge >= 0.3 is 6.03 Å². The summed E-state index contributed by atoms with van der Waals surface area (Å²) in [4.78, 5) is 16.9. The predicted molar refractivity (Wildman–Crippen MR) is 95.5 cm³/mol. The van der Waals surface area contributed by atoms with Crippen LogP contribution in [-0.4, -0.2) is 65.6 Å². The Hall–Kier alpha value is -0.680. The van der Waals surface area contributed by atoms with Gasteiger partial charge in [0.05, 0.1) is 0 Å². The number of rotatable bonds is 4. The summed E-state index contributed by atoms with van der Waals surface area (Å²) in [5.74, 6) is 1.69. The van der Waals surface area contributed by atoms with E-state index in [2.05, 4.69) is 37.6 Å². The first kappa shape index (κ1) is 17.7.